The summed E-state index contributed by atoms with van der Waals surface area (Å²) in [4.78, 5) is 0.117. The second kappa shape index (κ2) is 5.75. The quantitative estimate of drug-likeness (QED) is 0.802. The first-order valence-electron chi connectivity index (χ1n) is 6.72. The van der Waals surface area contributed by atoms with Gasteiger partial charge < -0.3 is 0 Å². The Morgan fingerprint density at radius 2 is 1.55 bits per heavy atom. The summed E-state index contributed by atoms with van der Waals surface area (Å²) in [5.41, 5.74) is 3.11. The van der Waals surface area contributed by atoms with Crippen molar-refractivity contribution in [2.45, 2.75) is 11.4 Å². The van der Waals surface area contributed by atoms with Crippen LogP contribution in [0.15, 0.2) is 71.9 Å². The molecule has 22 heavy (non-hydrogen) atoms. The largest absolute Gasteiger partial charge is 0.268 e. The molecule has 0 unspecified atom stereocenters. The van der Waals surface area contributed by atoms with Crippen LogP contribution in [0.5, 0.6) is 0 Å². The molecule has 0 radical (unpaired) electrons. The summed E-state index contributed by atoms with van der Waals surface area (Å²) in [5.74, 6) is 0. The minimum absolute atomic E-state index is 0.117. The van der Waals surface area contributed by atoms with Crippen LogP contribution in [-0.2, 0) is 16.6 Å². The molecule has 1 heterocycles. The topological polar surface area (TPSA) is 78.0 Å². The average Bonchev–Trinajstić information content (AvgIpc) is 3.00. The summed E-state index contributed by atoms with van der Waals surface area (Å²) in [7, 11) is -3.65. The molecular weight excluding hydrogens is 298 g/mol. The number of nitrogens with zero attached hydrogens (tertiary/aromatic N) is 2. The lowest BCUT2D eigenvalue weighted by Crippen LogP contribution is -2.11. The van der Waals surface area contributed by atoms with Gasteiger partial charge in [0.15, 0.2) is 0 Å². The Balaban J connectivity index is 1.80. The Kier molecular flexibility index (Phi) is 3.79. The standard InChI is InChI=1S/C16H15N3O2S/c17-22(20,21)16-8-6-15(7-9-16)14-4-2-13(3-5-14)12-19-11-1-10-18-19/h1-11H,12H2,(H2,17,20,21). The number of hydrogen-bond donors (Lipinski definition) is 1. The molecule has 0 amide bonds. The molecule has 112 valence electrons. The number of sulfonamides is 1. The Hall–Kier alpha value is -2.44. The zero-order chi connectivity index (χ0) is 15.6. The van der Waals surface area contributed by atoms with Gasteiger partial charge >= 0.3 is 0 Å². The number of nitrogens with two attached hydrogens (primary N) is 1. The summed E-state index contributed by atoms with van der Waals surface area (Å²) in [6, 6.07) is 16.5. The molecule has 3 aromatic rings. The van der Waals surface area contributed by atoms with Gasteiger partial charge in [0.25, 0.3) is 0 Å². The van der Waals surface area contributed by atoms with E-state index in [-0.39, 0.29) is 4.90 Å². The highest BCUT2D eigenvalue weighted by Gasteiger charge is 2.07. The van der Waals surface area contributed by atoms with Crippen molar-refractivity contribution in [3.63, 3.8) is 0 Å². The van der Waals surface area contributed by atoms with Crippen LogP contribution in [0.2, 0.25) is 0 Å². The van der Waals surface area contributed by atoms with Gasteiger partial charge in [0.05, 0.1) is 11.4 Å². The normalized spacial score (nSPS) is 11.5. The van der Waals surface area contributed by atoms with Crippen LogP contribution in [0.3, 0.4) is 0 Å². The first-order chi connectivity index (χ1) is 10.5. The van der Waals surface area contributed by atoms with Gasteiger partial charge in [0, 0.05) is 12.4 Å². The van der Waals surface area contributed by atoms with Crippen LogP contribution >= 0.6 is 0 Å². The van der Waals surface area contributed by atoms with E-state index in [1.165, 1.54) is 12.1 Å². The van der Waals surface area contributed by atoms with Crippen molar-refractivity contribution in [3.8, 4) is 11.1 Å². The van der Waals surface area contributed by atoms with Crippen LogP contribution in [0, 0.1) is 0 Å². The van der Waals surface area contributed by atoms with Crippen LogP contribution in [0.4, 0.5) is 0 Å². The zero-order valence-electron chi connectivity index (χ0n) is 11.8. The maximum Gasteiger partial charge on any atom is 0.238 e. The lowest BCUT2D eigenvalue weighted by molar-refractivity contribution is 0.598. The molecule has 0 atom stereocenters. The lowest BCUT2D eigenvalue weighted by atomic mass is 10.0. The molecule has 1 aromatic heterocycles. The van der Waals surface area contributed by atoms with Crippen molar-refractivity contribution in [1.29, 1.82) is 0 Å². The minimum atomic E-state index is -3.65. The fourth-order valence-electron chi connectivity index (χ4n) is 2.22. The molecular formula is C16H15N3O2S. The van der Waals surface area contributed by atoms with Gasteiger partial charge in [-0.1, -0.05) is 36.4 Å². The number of primary sulfonamides is 1. The highest BCUT2D eigenvalue weighted by atomic mass is 32.2. The van der Waals surface area contributed by atoms with Gasteiger partial charge in [-0.05, 0) is 34.9 Å². The van der Waals surface area contributed by atoms with Crippen LogP contribution in [-0.4, -0.2) is 18.2 Å². The molecule has 2 N–H and O–H groups in total. The fraction of sp³-hybridized carbons (Fsp3) is 0.0625. The van der Waals surface area contributed by atoms with Gasteiger partial charge in [0.2, 0.25) is 10.0 Å². The predicted molar refractivity (Wildman–Crippen MR) is 84.6 cm³/mol. The Bertz CT molecular complexity index is 853. The highest BCUT2D eigenvalue weighted by molar-refractivity contribution is 7.89. The third kappa shape index (κ3) is 3.24. The molecule has 0 aliphatic heterocycles. The van der Waals surface area contributed by atoms with E-state index in [1.54, 1.807) is 18.3 Å². The fourth-order valence-corrected chi connectivity index (χ4v) is 2.74. The van der Waals surface area contributed by atoms with E-state index in [0.29, 0.717) is 0 Å². The predicted octanol–water partition coefficient (Wildman–Crippen LogP) is 2.25. The van der Waals surface area contributed by atoms with Gasteiger partial charge in [-0.2, -0.15) is 5.10 Å². The van der Waals surface area contributed by atoms with Crippen molar-refractivity contribution >= 4 is 10.0 Å². The molecule has 3 rings (SSSR count). The van der Waals surface area contributed by atoms with E-state index in [9.17, 15) is 8.42 Å². The molecule has 6 heteroatoms. The van der Waals surface area contributed by atoms with Crippen LogP contribution < -0.4 is 5.14 Å². The SMILES string of the molecule is NS(=O)(=O)c1ccc(-c2ccc(Cn3cccn3)cc2)cc1. The van der Waals surface area contributed by atoms with E-state index in [1.807, 2.05) is 41.2 Å². The summed E-state index contributed by atoms with van der Waals surface area (Å²) in [6.45, 7) is 0.720. The number of aromatic nitrogens is 2. The molecule has 0 fully saturated rings. The molecule has 0 aliphatic rings. The second-order valence-corrected chi connectivity index (χ2v) is 6.53. The van der Waals surface area contributed by atoms with E-state index < -0.39 is 10.0 Å². The average molecular weight is 313 g/mol. The van der Waals surface area contributed by atoms with E-state index in [0.717, 1.165) is 23.2 Å². The molecule has 0 saturated carbocycles. The summed E-state index contributed by atoms with van der Waals surface area (Å²) in [6.07, 6.45) is 3.67. The summed E-state index contributed by atoms with van der Waals surface area (Å²) >= 11 is 0. The summed E-state index contributed by atoms with van der Waals surface area (Å²) in [5, 5.41) is 9.27. The minimum Gasteiger partial charge on any atom is -0.268 e. The van der Waals surface area contributed by atoms with Crippen molar-refractivity contribution in [1.82, 2.24) is 9.78 Å². The molecule has 2 aromatic carbocycles. The van der Waals surface area contributed by atoms with E-state index in [4.69, 9.17) is 5.14 Å². The maximum absolute atomic E-state index is 11.2. The van der Waals surface area contributed by atoms with Crippen molar-refractivity contribution in [2.24, 2.45) is 5.14 Å². The van der Waals surface area contributed by atoms with Gasteiger partial charge in [-0.3, -0.25) is 4.68 Å². The number of rotatable bonds is 4. The molecule has 0 bridgehead atoms. The monoisotopic (exact) mass is 313 g/mol. The van der Waals surface area contributed by atoms with Crippen LogP contribution in [0.1, 0.15) is 5.56 Å². The first kappa shape index (κ1) is 14.5. The van der Waals surface area contributed by atoms with Crippen molar-refractivity contribution in [3.05, 3.63) is 72.6 Å². The van der Waals surface area contributed by atoms with E-state index >= 15 is 0 Å². The molecule has 0 spiro atoms. The van der Waals surface area contributed by atoms with Crippen molar-refractivity contribution < 1.29 is 8.42 Å². The molecule has 0 aliphatic carbocycles. The van der Waals surface area contributed by atoms with Gasteiger partial charge in [-0.15, -0.1) is 0 Å². The number of hydrogen-bond acceptors (Lipinski definition) is 3. The summed E-state index contributed by atoms with van der Waals surface area (Å²) < 4.78 is 24.3. The number of benzene rings is 2. The highest BCUT2D eigenvalue weighted by Crippen LogP contribution is 2.21. The second-order valence-electron chi connectivity index (χ2n) is 4.97. The van der Waals surface area contributed by atoms with Gasteiger partial charge in [-0.25, -0.2) is 13.6 Å². The Morgan fingerprint density at radius 1 is 0.955 bits per heavy atom. The zero-order valence-corrected chi connectivity index (χ0v) is 12.6. The smallest absolute Gasteiger partial charge is 0.238 e. The third-order valence-electron chi connectivity index (χ3n) is 3.37. The lowest BCUT2D eigenvalue weighted by Gasteiger charge is -2.06. The van der Waals surface area contributed by atoms with Crippen LogP contribution in [0.25, 0.3) is 11.1 Å². The van der Waals surface area contributed by atoms with Crippen molar-refractivity contribution in [2.75, 3.05) is 0 Å². The van der Waals surface area contributed by atoms with E-state index in [2.05, 4.69) is 5.10 Å². The molecule has 5 nitrogen and oxygen atoms in total. The first-order valence-corrected chi connectivity index (χ1v) is 8.27. The maximum atomic E-state index is 11.2. The Labute approximate surface area is 129 Å². The Morgan fingerprint density at radius 3 is 2.05 bits per heavy atom. The van der Waals surface area contributed by atoms with Gasteiger partial charge in [0.1, 0.15) is 0 Å². The molecule has 0 saturated heterocycles. The third-order valence-corrected chi connectivity index (χ3v) is 4.30.